The Kier molecular flexibility index (Phi) is 6.19. The van der Waals surface area contributed by atoms with Crippen LogP contribution in [0.3, 0.4) is 0 Å². The highest BCUT2D eigenvalue weighted by molar-refractivity contribution is 7.22. The van der Waals surface area contributed by atoms with Gasteiger partial charge in [0, 0.05) is 19.6 Å². The third-order valence-electron chi connectivity index (χ3n) is 6.14. The number of halogens is 1. The van der Waals surface area contributed by atoms with Crippen molar-refractivity contribution in [2.24, 2.45) is 5.92 Å². The Morgan fingerprint density at radius 2 is 1.97 bits per heavy atom. The fraction of sp³-hybridized carbons (Fsp3) is 0.320. The van der Waals surface area contributed by atoms with E-state index >= 15 is 0 Å². The minimum atomic E-state index is -0.285. The SMILES string of the molecule is COc1ccc(CNC(=O)[C@H]2CCCN(c3nc4c(s3)c(C)nn4-c3ccc(F)cc3)C2)cc1. The molecule has 2 aromatic carbocycles. The summed E-state index contributed by atoms with van der Waals surface area (Å²) < 4.78 is 21.3. The van der Waals surface area contributed by atoms with Crippen LogP contribution in [0.4, 0.5) is 9.52 Å². The van der Waals surface area contributed by atoms with Crippen LogP contribution in [-0.4, -0.2) is 40.9 Å². The summed E-state index contributed by atoms with van der Waals surface area (Å²) in [6, 6.07) is 13.9. The Morgan fingerprint density at radius 3 is 2.71 bits per heavy atom. The molecule has 0 aliphatic carbocycles. The maximum atomic E-state index is 13.4. The third-order valence-corrected chi connectivity index (χ3v) is 7.35. The number of aromatic nitrogens is 3. The van der Waals surface area contributed by atoms with Gasteiger partial charge in [0.05, 0.1) is 29.1 Å². The van der Waals surface area contributed by atoms with E-state index in [0.717, 1.165) is 57.6 Å². The number of rotatable bonds is 6. The molecule has 1 atom stereocenters. The number of piperidine rings is 1. The normalized spacial score (nSPS) is 16.1. The molecule has 1 amide bonds. The van der Waals surface area contributed by atoms with Gasteiger partial charge in [-0.15, -0.1) is 0 Å². The largest absolute Gasteiger partial charge is 0.497 e. The number of fused-ring (bicyclic) bond motifs is 1. The average molecular weight is 480 g/mol. The Bertz CT molecular complexity index is 1300. The van der Waals surface area contributed by atoms with Crippen LogP contribution in [0.5, 0.6) is 5.75 Å². The van der Waals surface area contributed by atoms with Gasteiger partial charge in [-0.3, -0.25) is 4.79 Å². The van der Waals surface area contributed by atoms with Crippen LogP contribution in [0.1, 0.15) is 24.1 Å². The van der Waals surface area contributed by atoms with E-state index in [1.54, 1.807) is 35.3 Å². The maximum absolute atomic E-state index is 13.4. The summed E-state index contributed by atoms with van der Waals surface area (Å²) in [4.78, 5) is 20.0. The van der Waals surface area contributed by atoms with E-state index in [4.69, 9.17) is 9.72 Å². The second-order valence-electron chi connectivity index (χ2n) is 8.47. The van der Waals surface area contributed by atoms with E-state index in [9.17, 15) is 9.18 Å². The monoisotopic (exact) mass is 479 g/mol. The standard InChI is InChI=1S/C25H26FN5O2S/c1-16-22-23(31(29-16)20-9-7-19(26)8-10-20)28-25(34-22)30-13-3-4-18(15-30)24(32)27-14-17-5-11-21(33-2)12-6-17/h5-12,18H,3-4,13-15H2,1-2H3,(H,27,32)/t18-/m0/s1. The molecule has 4 aromatic rings. The molecule has 3 heterocycles. The molecule has 1 saturated heterocycles. The Hall–Kier alpha value is -3.46. The number of anilines is 1. The number of hydrogen-bond donors (Lipinski definition) is 1. The van der Waals surface area contributed by atoms with Crippen LogP contribution in [0.2, 0.25) is 0 Å². The number of benzene rings is 2. The quantitative estimate of drug-likeness (QED) is 0.442. The predicted octanol–water partition coefficient (Wildman–Crippen LogP) is 4.47. The summed E-state index contributed by atoms with van der Waals surface area (Å²) in [5.74, 6) is 0.489. The molecule has 0 bridgehead atoms. The molecule has 5 rings (SSSR count). The van der Waals surface area contributed by atoms with Gasteiger partial charge >= 0.3 is 0 Å². The zero-order valence-corrected chi connectivity index (χ0v) is 19.9. The molecule has 2 aromatic heterocycles. The lowest BCUT2D eigenvalue weighted by Gasteiger charge is -2.31. The summed E-state index contributed by atoms with van der Waals surface area (Å²) in [6.07, 6.45) is 1.79. The molecule has 1 N–H and O–H groups in total. The second-order valence-corrected chi connectivity index (χ2v) is 9.45. The lowest BCUT2D eigenvalue weighted by molar-refractivity contribution is -0.125. The fourth-order valence-corrected chi connectivity index (χ4v) is 5.28. The van der Waals surface area contributed by atoms with E-state index in [1.165, 1.54) is 12.1 Å². The summed E-state index contributed by atoms with van der Waals surface area (Å²) >= 11 is 1.59. The summed E-state index contributed by atoms with van der Waals surface area (Å²) in [7, 11) is 1.64. The Labute approximate surface area is 201 Å². The topological polar surface area (TPSA) is 72.3 Å². The molecular formula is C25H26FN5O2S. The Balaban J connectivity index is 1.29. The number of amides is 1. The van der Waals surface area contributed by atoms with E-state index in [1.807, 2.05) is 31.2 Å². The van der Waals surface area contributed by atoms with Crippen molar-refractivity contribution in [3.8, 4) is 11.4 Å². The predicted molar refractivity (Wildman–Crippen MR) is 131 cm³/mol. The fourth-order valence-electron chi connectivity index (χ4n) is 4.26. The molecule has 176 valence electrons. The first-order chi connectivity index (χ1) is 16.5. The molecule has 1 aliphatic rings. The van der Waals surface area contributed by atoms with Crippen LogP contribution in [-0.2, 0) is 11.3 Å². The molecular weight excluding hydrogens is 453 g/mol. The van der Waals surface area contributed by atoms with Crippen LogP contribution < -0.4 is 15.0 Å². The highest BCUT2D eigenvalue weighted by Gasteiger charge is 2.28. The van der Waals surface area contributed by atoms with Gasteiger partial charge in [0.2, 0.25) is 5.91 Å². The third kappa shape index (κ3) is 4.48. The van der Waals surface area contributed by atoms with Crippen LogP contribution in [0, 0.1) is 18.7 Å². The van der Waals surface area contributed by atoms with Gasteiger partial charge < -0.3 is 15.0 Å². The molecule has 0 spiro atoms. The lowest BCUT2D eigenvalue weighted by atomic mass is 9.97. The van der Waals surface area contributed by atoms with Crippen molar-refractivity contribution in [2.45, 2.75) is 26.3 Å². The van der Waals surface area contributed by atoms with Crippen LogP contribution in [0.15, 0.2) is 48.5 Å². The molecule has 0 radical (unpaired) electrons. The Morgan fingerprint density at radius 1 is 1.21 bits per heavy atom. The number of carbonyl (C=O) groups excluding carboxylic acids is 1. The molecule has 1 aliphatic heterocycles. The van der Waals surface area contributed by atoms with Crippen molar-refractivity contribution >= 4 is 32.7 Å². The zero-order valence-electron chi connectivity index (χ0n) is 19.1. The van der Waals surface area contributed by atoms with Gasteiger partial charge in [-0.25, -0.2) is 9.07 Å². The summed E-state index contributed by atoms with van der Waals surface area (Å²) in [6.45, 7) is 3.94. The second kappa shape index (κ2) is 9.42. The van der Waals surface area contributed by atoms with Crippen molar-refractivity contribution in [3.63, 3.8) is 0 Å². The van der Waals surface area contributed by atoms with Gasteiger partial charge in [0.15, 0.2) is 10.8 Å². The van der Waals surface area contributed by atoms with Gasteiger partial charge in [-0.2, -0.15) is 10.1 Å². The smallest absolute Gasteiger partial charge is 0.225 e. The van der Waals surface area contributed by atoms with E-state index in [-0.39, 0.29) is 17.6 Å². The number of ether oxygens (including phenoxy) is 1. The summed E-state index contributed by atoms with van der Waals surface area (Å²) in [5, 5.41) is 8.56. The first-order valence-electron chi connectivity index (χ1n) is 11.3. The minimum absolute atomic E-state index is 0.0651. The number of nitrogens with zero attached hydrogens (tertiary/aromatic N) is 4. The van der Waals surface area contributed by atoms with Gasteiger partial charge in [0.25, 0.3) is 0 Å². The van der Waals surface area contributed by atoms with Crippen molar-refractivity contribution in [1.82, 2.24) is 20.1 Å². The summed E-state index contributed by atoms with van der Waals surface area (Å²) in [5.41, 5.74) is 3.45. The molecule has 34 heavy (non-hydrogen) atoms. The van der Waals surface area contributed by atoms with Gasteiger partial charge in [-0.1, -0.05) is 23.5 Å². The number of carbonyl (C=O) groups is 1. The maximum Gasteiger partial charge on any atom is 0.225 e. The van der Waals surface area contributed by atoms with Gasteiger partial charge in [-0.05, 0) is 61.7 Å². The molecule has 1 fully saturated rings. The van der Waals surface area contributed by atoms with Crippen molar-refractivity contribution < 1.29 is 13.9 Å². The van der Waals surface area contributed by atoms with Crippen LogP contribution in [0.25, 0.3) is 16.0 Å². The van der Waals surface area contributed by atoms with Crippen molar-refractivity contribution in [2.75, 3.05) is 25.1 Å². The zero-order chi connectivity index (χ0) is 23.7. The van der Waals surface area contributed by atoms with Crippen molar-refractivity contribution in [3.05, 3.63) is 65.6 Å². The molecule has 0 unspecified atom stereocenters. The van der Waals surface area contributed by atoms with Crippen molar-refractivity contribution in [1.29, 1.82) is 0 Å². The lowest BCUT2D eigenvalue weighted by Crippen LogP contribution is -2.43. The first-order valence-corrected chi connectivity index (χ1v) is 12.1. The number of aryl methyl sites for hydroxylation is 1. The number of thiazole rings is 1. The van der Waals surface area contributed by atoms with E-state index in [0.29, 0.717) is 13.1 Å². The first kappa shape index (κ1) is 22.3. The average Bonchev–Trinajstić information content (AvgIpc) is 3.44. The van der Waals surface area contributed by atoms with E-state index in [2.05, 4.69) is 15.3 Å². The number of nitrogens with one attached hydrogen (secondary N) is 1. The minimum Gasteiger partial charge on any atom is -0.497 e. The number of methoxy groups -OCH3 is 1. The highest BCUT2D eigenvalue weighted by atomic mass is 32.1. The van der Waals surface area contributed by atoms with Gasteiger partial charge in [0.1, 0.15) is 11.6 Å². The molecule has 0 saturated carbocycles. The van der Waals surface area contributed by atoms with Crippen LogP contribution >= 0.6 is 11.3 Å². The molecule has 7 nitrogen and oxygen atoms in total. The van der Waals surface area contributed by atoms with E-state index < -0.39 is 0 Å². The highest BCUT2D eigenvalue weighted by Crippen LogP contribution is 2.34. The number of hydrogen-bond acceptors (Lipinski definition) is 6. The molecule has 9 heteroatoms.